The predicted molar refractivity (Wildman–Crippen MR) is 69.9 cm³/mol. The number of carbonyl (C=O) groups excluding carboxylic acids is 1. The maximum absolute atomic E-state index is 11.7. The van der Waals surface area contributed by atoms with E-state index in [2.05, 4.69) is 16.9 Å². The highest BCUT2D eigenvalue weighted by molar-refractivity contribution is 5.91. The molecule has 0 aliphatic heterocycles. The molecule has 4 nitrogen and oxygen atoms in total. The Bertz CT molecular complexity index is 415. The van der Waals surface area contributed by atoms with Crippen molar-refractivity contribution in [1.82, 2.24) is 9.88 Å². The van der Waals surface area contributed by atoms with E-state index in [9.17, 15) is 4.79 Å². The van der Waals surface area contributed by atoms with Crippen LogP contribution in [0.1, 0.15) is 12.5 Å². The molecule has 1 N–H and O–H groups in total. The first-order valence-electron chi connectivity index (χ1n) is 5.53. The van der Waals surface area contributed by atoms with Gasteiger partial charge in [0.15, 0.2) is 0 Å². The lowest BCUT2D eigenvalue weighted by Crippen LogP contribution is -2.31. The Morgan fingerprint density at radius 1 is 1.53 bits per heavy atom. The number of aryl methyl sites for hydroxylation is 1. The molecule has 1 rings (SSSR count). The van der Waals surface area contributed by atoms with Crippen LogP contribution in [0.5, 0.6) is 0 Å². The summed E-state index contributed by atoms with van der Waals surface area (Å²) in [7, 11) is 1.89. The van der Waals surface area contributed by atoms with Gasteiger partial charge < -0.3 is 5.32 Å². The monoisotopic (exact) mass is 233 g/mol. The van der Waals surface area contributed by atoms with E-state index < -0.39 is 0 Å². The second-order valence-corrected chi connectivity index (χ2v) is 4.40. The first kappa shape index (κ1) is 13.4. The van der Waals surface area contributed by atoms with Crippen LogP contribution < -0.4 is 5.32 Å². The predicted octanol–water partition coefficient (Wildman–Crippen LogP) is 1.84. The molecule has 0 saturated heterocycles. The van der Waals surface area contributed by atoms with E-state index in [4.69, 9.17) is 0 Å². The summed E-state index contributed by atoms with van der Waals surface area (Å²) >= 11 is 0. The van der Waals surface area contributed by atoms with Crippen molar-refractivity contribution in [3.8, 4) is 0 Å². The molecule has 0 radical (unpaired) electrons. The van der Waals surface area contributed by atoms with Crippen LogP contribution in [-0.4, -0.2) is 35.9 Å². The molecule has 17 heavy (non-hydrogen) atoms. The Balaban J connectivity index is 2.47. The molecule has 4 heteroatoms. The molecule has 0 spiro atoms. The summed E-state index contributed by atoms with van der Waals surface area (Å²) in [5, 5.41) is 2.77. The highest BCUT2D eigenvalue weighted by atomic mass is 16.2. The Labute approximate surface area is 102 Å². The van der Waals surface area contributed by atoms with Gasteiger partial charge >= 0.3 is 0 Å². The summed E-state index contributed by atoms with van der Waals surface area (Å²) in [5.74, 6) is 0.533. The van der Waals surface area contributed by atoms with Crippen molar-refractivity contribution in [2.24, 2.45) is 0 Å². The molecule has 1 aromatic rings. The molecule has 1 amide bonds. The minimum Gasteiger partial charge on any atom is -0.310 e. The number of pyridine rings is 1. The van der Waals surface area contributed by atoms with Crippen molar-refractivity contribution in [3.05, 3.63) is 36.0 Å². The SMILES string of the molecule is C=C(C)CN(C)CC(=O)Nc1cc(C)ccn1. The molecule has 1 heterocycles. The molecule has 0 unspecified atom stereocenters. The first-order valence-corrected chi connectivity index (χ1v) is 5.53. The number of anilines is 1. The molecule has 0 fully saturated rings. The zero-order chi connectivity index (χ0) is 12.8. The van der Waals surface area contributed by atoms with Gasteiger partial charge in [0.05, 0.1) is 6.54 Å². The standard InChI is InChI=1S/C13H19N3O/c1-10(2)8-16(4)9-13(17)15-12-7-11(3)5-6-14-12/h5-7H,1,8-9H2,2-4H3,(H,14,15,17). The van der Waals surface area contributed by atoms with Crippen LogP contribution in [0.2, 0.25) is 0 Å². The van der Waals surface area contributed by atoms with Crippen molar-refractivity contribution in [2.45, 2.75) is 13.8 Å². The fourth-order valence-corrected chi connectivity index (χ4v) is 1.55. The molecule has 0 bridgehead atoms. The zero-order valence-electron chi connectivity index (χ0n) is 10.7. The third-order valence-corrected chi connectivity index (χ3v) is 2.14. The number of carbonyl (C=O) groups is 1. The van der Waals surface area contributed by atoms with E-state index in [0.717, 1.165) is 11.1 Å². The molecule has 0 saturated carbocycles. The lowest BCUT2D eigenvalue weighted by Gasteiger charge is -2.15. The topological polar surface area (TPSA) is 45.2 Å². The number of likely N-dealkylation sites (N-methyl/N-ethyl adjacent to an activating group) is 1. The van der Waals surface area contributed by atoms with Crippen LogP contribution in [-0.2, 0) is 4.79 Å². The minimum absolute atomic E-state index is 0.0631. The van der Waals surface area contributed by atoms with Gasteiger partial charge in [-0.15, -0.1) is 0 Å². The van der Waals surface area contributed by atoms with Crippen LogP contribution in [0.25, 0.3) is 0 Å². The van der Waals surface area contributed by atoms with Crippen LogP contribution >= 0.6 is 0 Å². The Hall–Kier alpha value is -1.68. The Kier molecular flexibility index (Phi) is 4.84. The van der Waals surface area contributed by atoms with Crippen molar-refractivity contribution in [2.75, 3.05) is 25.5 Å². The third kappa shape index (κ3) is 5.26. The number of nitrogens with one attached hydrogen (secondary N) is 1. The van der Waals surface area contributed by atoms with Gasteiger partial charge in [0.1, 0.15) is 5.82 Å². The van der Waals surface area contributed by atoms with Gasteiger partial charge in [-0.25, -0.2) is 4.98 Å². The number of aromatic nitrogens is 1. The van der Waals surface area contributed by atoms with Gasteiger partial charge in [-0.1, -0.05) is 12.2 Å². The van der Waals surface area contributed by atoms with Crippen LogP contribution in [0.15, 0.2) is 30.5 Å². The fourth-order valence-electron chi connectivity index (χ4n) is 1.55. The summed E-state index contributed by atoms with van der Waals surface area (Å²) in [6.07, 6.45) is 1.68. The molecule has 92 valence electrons. The van der Waals surface area contributed by atoms with Crippen LogP contribution in [0, 0.1) is 6.92 Å². The molecular weight excluding hydrogens is 214 g/mol. The fraction of sp³-hybridized carbons (Fsp3) is 0.385. The van der Waals surface area contributed by atoms with E-state index in [1.165, 1.54) is 0 Å². The average molecular weight is 233 g/mol. The molecular formula is C13H19N3O. The number of hydrogen-bond acceptors (Lipinski definition) is 3. The molecule has 0 atom stereocenters. The number of nitrogens with zero attached hydrogens (tertiary/aromatic N) is 2. The molecule has 1 aromatic heterocycles. The van der Waals surface area contributed by atoms with Gasteiger partial charge in [-0.2, -0.15) is 0 Å². The highest BCUT2D eigenvalue weighted by Crippen LogP contribution is 2.05. The van der Waals surface area contributed by atoms with E-state index in [0.29, 0.717) is 18.9 Å². The lowest BCUT2D eigenvalue weighted by molar-refractivity contribution is -0.116. The quantitative estimate of drug-likeness (QED) is 0.789. The molecule has 0 aromatic carbocycles. The summed E-state index contributed by atoms with van der Waals surface area (Å²) in [4.78, 5) is 17.7. The Morgan fingerprint density at radius 3 is 2.82 bits per heavy atom. The van der Waals surface area contributed by atoms with Crippen molar-refractivity contribution >= 4 is 11.7 Å². The second-order valence-electron chi connectivity index (χ2n) is 4.40. The van der Waals surface area contributed by atoms with E-state index in [-0.39, 0.29) is 5.91 Å². The normalized spacial score (nSPS) is 10.4. The minimum atomic E-state index is -0.0631. The second kappa shape index (κ2) is 6.15. The van der Waals surface area contributed by atoms with Crippen molar-refractivity contribution < 1.29 is 4.79 Å². The van der Waals surface area contributed by atoms with Crippen molar-refractivity contribution in [3.63, 3.8) is 0 Å². The zero-order valence-corrected chi connectivity index (χ0v) is 10.7. The van der Waals surface area contributed by atoms with Crippen LogP contribution in [0.4, 0.5) is 5.82 Å². The molecule has 0 aliphatic carbocycles. The van der Waals surface area contributed by atoms with Crippen molar-refractivity contribution in [1.29, 1.82) is 0 Å². The number of rotatable bonds is 5. The smallest absolute Gasteiger partial charge is 0.239 e. The van der Waals surface area contributed by atoms with Crippen LogP contribution in [0.3, 0.4) is 0 Å². The lowest BCUT2D eigenvalue weighted by atomic mass is 10.3. The summed E-state index contributed by atoms with van der Waals surface area (Å²) in [5.41, 5.74) is 2.11. The summed E-state index contributed by atoms with van der Waals surface area (Å²) in [6.45, 7) is 8.77. The van der Waals surface area contributed by atoms with E-state index in [1.54, 1.807) is 6.20 Å². The van der Waals surface area contributed by atoms with Gasteiger partial charge in [0.2, 0.25) is 5.91 Å². The summed E-state index contributed by atoms with van der Waals surface area (Å²) < 4.78 is 0. The van der Waals surface area contributed by atoms with E-state index in [1.807, 2.05) is 37.9 Å². The highest BCUT2D eigenvalue weighted by Gasteiger charge is 2.07. The molecule has 0 aliphatic rings. The summed E-state index contributed by atoms with van der Waals surface area (Å²) in [6, 6.07) is 3.74. The van der Waals surface area contributed by atoms with Gasteiger partial charge in [0.25, 0.3) is 0 Å². The Morgan fingerprint density at radius 2 is 2.24 bits per heavy atom. The first-order chi connectivity index (χ1) is 7.97. The van der Waals surface area contributed by atoms with Gasteiger partial charge in [-0.05, 0) is 38.6 Å². The third-order valence-electron chi connectivity index (χ3n) is 2.14. The average Bonchev–Trinajstić information content (AvgIpc) is 2.14. The maximum Gasteiger partial charge on any atom is 0.239 e. The maximum atomic E-state index is 11.7. The largest absolute Gasteiger partial charge is 0.310 e. The van der Waals surface area contributed by atoms with Gasteiger partial charge in [0, 0.05) is 12.7 Å². The van der Waals surface area contributed by atoms with Gasteiger partial charge in [-0.3, -0.25) is 9.69 Å². The number of amides is 1. The van der Waals surface area contributed by atoms with E-state index >= 15 is 0 Å². The number of hydrogen-bond donors (Lipinski definition) is 1.